The van der Waals surface area contributed by atoms with E-state index in [1.807, 2.05) is 31.2 Å². The first-order valence-electron chi connectivity index (χ1n) is 12.6. The quantitative estimate of drug-likeness (QED) is 0.293. The standard InChI is InChI=1S/C23H28N2O5.C4H6O6/c1-5-30-20-11-15-16-10-13(26)6-8-18(16)24-22(17(15)12-19(20)27-2)14-7-9-21(28-3)25-23(14)29-4;5-1(3(7)8)2(6)4(9)10/h7,9,11-13,16,18,26H,5-6,8,10H2,1-4H3;1-2,5-6H,(H,7,8)(H,9,10)/t13-,16-,18-;1-,2-/m11/s1. The number of benzene rings is 1. The number of ether oxygens (including phenoxy) is 4. The van der Waals surface area contributed by atoms with Gasteiger partial charge in [0, 0.05) is 17.5 Å². The zero-order valence-electron chi connectivity index (χ0n) is 22.6. The van der Waals surface area contributed by atoms with Gasteiger partial charge in [-0.15, -0.1) is 0 Å². The van der Waals surface area contributed by atoms with Crippen molar-refractivity contribution < 1.29 is 54.1 Å². The van der Waals surface area contributed by atoms with Crippen LogP contribution in [0.4, 0.5) is 0 Å². The van der Waals surface area contributed by atoms with Gasteiger partial charge in [0.05, 0.1) is 51.4 Å². The summed E-state index contributed by atoms with van der Waals surface area (Å²) in [4.78, 5) is 29.1. The molecule has 13 nitrogen and oxygen atoms in total. The fourth-order valence-corrected chi connectivity index (χ4v) is 4.73. The van der Waals surface area contributed by atoms with Crippen LogP contribution in [-0.2, 0) is 9.59 Å². The van der Waals surface area contributed by atoms with Crippen LogP contribution in [0.15, 0.2) is 29.3 Å². The second-order valence-electron chi connectivity index (χ2n) is 9.12. The minimum atomic E-state index is -2.27. The van der Waals surface area contributed by atoms with Gasteiger partial charge in [0.2, 0.25) is 11.8 Å². The molecular formula is C27H34N2O11. The van der Waals surface area contributed by atoms with Gasteiger partial charge in [-0.25, -0.2) is 9.59 Å². The van der Waals surface area contributed by atoms with Crippen molar-refractivity contribution >= 4 is 17.7 Å². The lowest BCUT2D eigenvalue weighted by molar-refractivity contribution is -0.165. The summed E-state index contributed by atoms with van der Waals surface area (Å²) in [5, 5.41) is 42.8. The number of aliphatic imine (C=N–C) groups is 1. The van der Waals surface area contributed by atoms with Crippen molar-refractivity contribution in [2.45, 2.75) is 56.5 Å². The highest BCUT2D eigenvalue weighted by molar-refractivity contribution is 6.16. The Kier molecular flexibility index (Phi) is 10.3. The SMILES string of the molecule is CCOc1cc2c(cc1OC)C(c1ccc(OC)nc1OC)=N[C@@H]1CC[C@@H](O)C[C@H]21.O=C(O)[C@H](O)[C@@H](O)C(=O)O. The van der Waals surface area contributed by atoms with Crippen LogP contribution in [0.3, 0.4) is 0 Å². The number of rotatable bonds is 9. The first kappa shape index (κ1) is 30.6. The molecule has 1 fully saturated rings. The molecule has 0 saturated heterocycles. The van der Waals surface area contributed by atoms with Crippen molar-refractivity contribution in [1.82, 2.24) is 4.98 Å². The van der Waals surface area contributed by atoms with Crippen molar-refractivity contribution in [1.29, 1.82) is 0 Å². The van der Waals surface area contributed by atoms with E-state index in [0.717, 1.165) is 35.2 Å². The number of carboxylic acid groups (broad SMARTS) is 2. The number of carbonyl (C=O) groups is 2. The van der Waals surface area contributed by atoms with Crippen LogP contribution in [0.25, 0.3) is 0 Å². The molecule has 5 atom stereocenters. The summed E-state index contributed by atoms with van der Waals surface area (Å²) in [6, 6.07) is 7.84. The molecule has 218 valence electrons. The molecule has 0 amide bonds. The summed E-state index contributed by atoms with van der Waals surface area (Å²) in [7, 11) is 4.80. The Morgan fingerprint density at radius 3 is 2.17 bits per heavy atom. The summed E-state index contributed by atoms with van der Waals surface area (Å²) in [5.41, 5.74) is 3.69. The van der Waals surface area contributed by atoms with E-state index in [2.05, 4.69) is 4.98 Å². The zero-order chi connectivity index (χ0) is 29.6. The van der Waals surface area contributed by atoms with E-state index in [9.17, 15) is 14.7 Å². The smallest absolute Gasteiger partial charge is 0.335 e. The molecule has 2 heterocycles. The van der Waals surface area contributed by atoms with Gasteiger partial charge < -0.3 is 44.5 Å². The third-order valence-electron chi connectivity index (χ3n) is 6.67. The van der Waals surface area contributed by atoms with Gasteiger partial charge in [0.25, 0.3) is 0 Å². The predicted octanol–water partition coefficient (Wildman–Crippen LogP) is 1.23. The number of methoxy groups -OCH3 is 3. The third kappa shape index (κ3) is 6.61. The average molecular weight is 563 g/mol. The Balaban J connectivity index is 0.000000378. The van der Waals surface area contributed by atoms with E-state index < -0.39 is 24.1 Å². The Morgan fingerprint density at radius 2 is 1.62 bits per heavy atom. The van der Waals surface area contributed by atoms with E-state index in [-0.39, 0.29) is 18.1 Å². The summed E-state index contributed by atoms with van der Waals surface area (Å²) >= 11 is 0. The largest absolute Gasteiger partial charge is 0.493 e. The Bertz CT molecular complexity index is 1230. The highest BCUT2D eigenvalue weighted by Gasteiger charge is 2.38. The number of hydrogen-bond donors (Lipinski definition) is 5. The maximum absolute atomic E-state index is 10.3. The van der Waals surface area contributed by atoms with Gasteiger partial charge >= 0.3 is 11.9 Å². The number of carboxylic acids is 2. The molecule has 1 aromatic carbocycles. The van der Waals surface area contributed by atoms with E-state index in [0.29, 0.717) is 36.3 Å². The van der Waals surface area contributed by atoms with Gasteiger partial charge in [-0.2, -0.15) is 4.98 Å². The molecule has 40 heavy (non-hydrogen) atoms. The summed E-state index contributed by atoms with van der Waals surface area (Å²) in [6.45, 7) is 2.50. The van der Waals surface area contributed by atoms with Gasteiger partial charge in [-0.05, 0) is 49.9 Å². The molecule has 2 aliphatic rings. The number of aromatic nitrogens is 1. The van der Waals surface area contributed by atoms with E-state index in [1.54, 1.807) is 21.3 Å². The number of fused-ring (bicyclic) bond motifs is 3. The highest BCUT2D eigenvalue weighted by Crippen LogP contribution is 2.45. The normalized spacial score (nSPS) is 20.8. The average Bonchev–Trinajstić information content (AvgIpc) is 2.95. The summed E-state index contributed by atoms with van der Waals surface area (Å²) in [6.07, 6.45) is -2.58. The molecule has 5 N–H and O–H groups in total. The first-order valence-corrected chi connectivity index (χ1v) is 12.6. The molecular weight excluding hydrogens is 528 g/mol. The lowest BCUT2D eigenvalue weighted by Gasteiger charge is -2.37. The van der Waals surface area contributed by atoms with Crippen LogP contribution in [0.1, 0.15) is 48.8 Å². The second kappa shape index (κ2) is 13.4. The number of nitrogens with zero attached hydrogens (tertiary/aromatic N) is 2. The second-order valence-corrected chi connectivity index (χ2v) is 9.12. The monoisotopic (exact) mass is 562 g/mol. The molecule has 0 spiro atoms. The molecule has 0 unspecified atom stereocenters. The van der Waals surface area contributed by atoms with E-state index in [4.69, 9.17) is 44.4 Å². The minimum absolute atomic E-state index is 0.0885. The number of pyridine rings is 1. The van der Waals surface area contributed by atoms with Gasteiger partial charge in [-0.1, -0.05) is 0 Å². The molecule has 13 heteroatoms. The molecule has 1 aliphatic carbocycles. The van der Waals surface area contributed by atoms with Crippen LogP contribution >= 0.6 is 0 Å². The number of aliphatic carboxylic acids is 2. The lowest BCUT2D eigenvalue weighted by atomic mass is 9.74. The van der Waals surface area contributed by atoms with Crippen LogP contribution < -0.4 is 18.9 Å². The summed E-state index contributed by atoms with van der Waals surface area (Å²) < 4.78 is 22.2. The van der Waals surface area contributed by atoms with E-state index >= 15 is 0 Å². The predicted molar refractivity (Wildman–Crippen MR) is 141 cm³/mol. The van der Waals surface area contributed by atoms with Gasteiger partial charge in [0.15, 0.2) is 23.7 Å². The van der Waals surface area contributed by atoms with Crippen molar-refractivity contribution in [3.63, 3.8) is 0 Å². The van der Waals surface area contributed by atoms with Crippen molar-refractivity contribution in [2.75, 3.05) is 27.9 Å². The maximum atomic E-state index is 10.3. The molecule has 1 aliphatic heterocycles. The van der Waals surface area contributed by atoms with Gasteiger partial charge in [0.1, 0.15) is 0 Å². The number of aliphatic hydroxyl groups is 3. The maximum Gasteiger partial charge on any atom is 0.335 e. The van der Waals surface area contributed by atoms with Crippen LogP contribution in [0.5, 0.6) is 23.3 Å². The molecule has 0 radical (unpaired) electrons. The molecule has 4 rings (SSSR count). The Labute approximate surface area is 230 Å². The molecule has 2 aromatic rings. The minimum Gasteiger partial charge on any atom is -0.493 e. The summed E-state index contributed by atoms with van der Waals surface area (Å²) in [5.74, 6) is -1.10. The van der Waals surface area contributed by atoms with Crippen LogP contribution in [-0.4, -0.2) is 100 Å². The highest BCUT2D eigenvalue weighted by atomic mass is 16.5. The lowest BCUT2D eigenvalue weighted by Crippen LogP contribution is -2.39. The van der Waals surface area contributed by atoms with E-state index in [1.165, 1.54) is 0 Å². The topological polar surface area (TPSA) is 197 Å². The Hall–Kier alpha value is -3.94. The Morgan fingerprint density at radius 1 is 0.950 bits per heavy atom. The van der Waals surface area contributed by atoms with Crippen LogP contribution in [0.2, 0.25) is 0 Å². The first-order chi connectivity index (χ1) is 19.1. The van der Waals surface area contributed by atoms with Crippen LogP contribution in [0, 0.1) is 0 Å². The van der Waals surface area contributed by atoms with Crippen molar-refractivity contribution in [3.8, 4) is 23.3 Å². The van der Waals surface area contributed by atoms with Gasteiger partial charge in [-0.3, -0.25) is 4.99 Å². The fraction of sp³-hybridized carbons (Fsp3) is 0.481. The third-order valence-corrected chi connectivity index (χ3v) is 6.67. The van der Waals surface area contributed by atoms with Crippen molar-refractivity contribution in [3.05, 3.63) is 41.0 Å². The number of hydrogen-bond acceptors (Lipinski definition) is 11. The fourth-order valence-electron chi connectivity index (χ4n) is 4.73. The van der Waals surface area contributed by atoms with Crippen molar-refractivity contribution in [2.24, 2.45) is 4.99 Å². The molecule has 0 bridgehead atoms. The number of aliphatic hydroxyl groups excluding tert-OH is 3. The molecule has 1 aromatic heterocycles. The zero-order valence-corrected chi connectivity index (χ0v) is 22.6. The molecule has 1 saturated carbocycles.